The average molecular weight is 298 g/mol. The Morgan fingerprint density at radius 3 is 2.82 bits per heavy atom. The summed E-state index contributed by atoms with van der Waals surface area (Å²) in [6, 6.07) is 8.83. The van der Waals surface area contributed by atoms with E-state index in [-0.39, 0.29) is 11.9 Å². The first-order valence-electron chi connectivity index (χ1n) is 5.36. The van der Waals surface area contributed by atoms with Gasteiger partial charge in [-0.25, -0.2) is 4.39 Å². The fraction of sp³-hybridized carbons (Fsp3) is 0.231. The second kappa shape index (κ2) is 5.47. The predicted octanol–water partition coefficient (Wildman–Crippen LogP) is 3.68. The molecule has 0 spiro atoms. The van der Waals surface area contributed by atoms with E-state index in [4.69, 9.17) is 4.42 Å². The predicted molar refractivity (Wildman–Crippen MR) is 68.3 cm³/mol. The van der Waals surface area contributed by atoms with Crippen molar-refractivity contribution in [2.75, 3.05) is 7.05 Å². The fourth-order valence-corrected chi connectivity index (χ4v) is 2.33. The summed E-state index contributed by atoms with van der Waals surface area (Å²) in [6.07, 6.45) is 2.33. The van der Waals surface area contributed by atoms with Gasteiger partial charge in [-0.15, -0.1) is 0 Å². The zero-order valence-corrected chi connectivity index (χ0v) is 11.0. The van der Waals surface area contributed by atoms with Gasteiger partial charge in [0.25, 0.3) is 0 Å². The molecule has 0 aliphatic heterocycles. The lowest BCUT2D eigenvalue weighted by atomic mass is 10.0. The van der Waals surface area contributed by atoms with Gasteiger partial charge < -0.3 is 9.73 Å². The van der Waals surface area contributed by atoms with Gasteiger partial charge in [0.2, 0.25) is 0 Å². The van der Waals surface area contributed by atoms with Crippen LogP contribution in [-0.2, 0) is 6.42 Å². The lowest BCUT2D eigenvalue weighted by molar-refractivity contribution is 0.463. The van der Waals surface area contributed by atoms with E-state index in [1.807, 2.05) is 25.2 Å². The third kappa shape index (κ3) is 2.76. The summed E-state index contributed by atoms with van der Waals surface area (Å²) in [6.45, 7) is 0. The molecule has 0 fully saturated rings. The van der Waals surface area contributed by atoms with Crippen molar-refractivity contribution in [1.29, 1.82) is 0 Å². The number of hydrogen-bond donors (Lipinski definition) is 1. The number of furan rings is 1. The Bertz CT molecular complexity index is 484. The van der Waals surface area contributed by atoms with Crippen molar-refractivity contribution in [3.05, 3.63) is 58.2 Å². The summed E-state index contributed by atoms with van der Waals surface area (Å²) < 4.78 is 19.3. The van der Waals surface area contributed by atoms with Gasteiger partial charge in [0.15, 0.2) is 0 Å². The number of likely N-dealkylation sites (N-methyl/N-ethyl adjacent to an activating group) is 1. The standard InChI is InChI=1S/C13H13BrFNO/c1-16-12(8-9-4-3-7-17-9)10-5-2-6-11(15)13(10)14/h2-7,12,16H,8H2,1H3. The van der Waals surface area contributed by atoms with Gasteiger partial charge in [0, 0.05) is 12.5 Å². The fourth-order valence-electron chi connectivity index (χ4n) is 1.79. The molecule has 0 bridgehead atoms. The van der Waals surface area contributed by atoms with E-state index < -0.39 is 0 Å². The van der Waals surface area contributed by atoms with E-state index in [1.54, 1.807) is 12.3 Å². The van der Waals surface area contributed by atoms with Crippen molar-refractivity contribution in [2.45, 2.75) is 12.5 Å². The summed E-state index contributed by atoms with van der Waals surface area (Å²) in [5.41, 5.74) is 0.893. The molecule has 2 nitrogen and oxygen atoms in total. The Labute approximate surface area is 108 Å². The summed E-state index contributed by atoms with van der Waals surface area (Å²) in [7, 11) is 1.85. The second-order valence-corrected chi connectivity index (χ2v) is 4.56. The minimum absolute atomic E-state index is 0.0197. The van der Waals surface area contributed by atoms with Crippen LogP contribution in [0.1, 0.15) is 17.4 Å². The van der Waals surface area contributed by atoms with Crippen LogP contribution in [0, 0.1) is 5.82 Å². The number of hydrogen-bond acceptors (Lipinski definition) is 2. The summed E-state index contributed by atoms with van der Waals surface area (Å²) in [4.78, 5) is 0. The first-order chi connectivity index (χ1) is 8.22. The molecule has 0 saturated heterocycles. The first-order valence-corrected chi connectivity index (χ1v) is 6.15. The molecule has 1 N–H and O–H groups in total. The molecule has 90 valence electrons. The van der Waals surface area contributed by atoms with Crippen LogP contribution < -0.4 is 5.32 Å². The van der Waals surface area contributed by atoms with Gasteiger partial charge in [0.05, 0.1) is 10.7 Å². The third-order valence-electron chi connectivity index (χ3n) is 2.69. The molecule has 17 heavy (non-hydrogen) atoms. The maximum absolute atomic E-state index is 13.5. The molecule has 0 aliphatic rings. The zero-order chi connectivity index (χ0) is 12.3. The minimum Gasteiger partial charge on any atom is -0.469 e. The van der Waals surface area contributed by atoms with E-state index in [0.29, 0.717) is 10.9 Å². The van der Waals surface area contributed by atoms with Crippen LogP contribution in [0.4, 0.5) is 4.39 Å². The van der Waals surface area contributed by atoms with Gasteiger partial charge >= 0.3 is 0 Å². The normalized spacial score (nSPS) is 12.6. The average Bonchev–Trinajstić information content (AvgIpc) is 2.83. The topological polar surface area (TPSA) is 25.2 Å². The minimum atomic E-state index is -0.248. The maximum atomic E-state index is 13.5. The molecule has 1 aromatic carbocycles. The van der Waals surface area contributed by atoms with Crippen LogP contribution in [0.2, 0.25) is 0 Å². The Morgan fingerprint density at radius 2 is 2.18 bits per heavy atom. The SMILES string of the molecule is CNC(Cc1ccco1)c1cccc(F)c1Br. The van der Waals surface area contributed by atoms with Crippen molar-refractivity contribution in [3.8, 4) is 0 Å². The monoisotopic (exact) mass is 297 g/mol. The van der Waals surface area contributed by atoms with Crippen molar-refractivity contribution in [1.82, 2.24) is 5.32 Å². The first kappa shape index (κ1) is 12.3. The maximum Gasteiger partial charge on any atom is 0.137 e. The highest BCUT2D eigenvalue weighted by molar-refractivity contribution is 9.10. The molecule has 4 heteroatoms. The van der Waals surface area contributed by atoms with Gasteiger partial charge in [-0.2, -0.15) is 0 Å². The number of halogens is 2. The Kier molecular flexibility index (Phi) is 3.97. The van der Waals surface area contributed by atoms with Crippen LogP contribution in [0.15, 0.2) is 45.5 Å². The van der Waals surface area contributed by atoms with Crippen LogP contribution >= 0.6 is 15.9 Å². The number of nitrogens with one attached hydrogen (secondary N) is 1. The molecule has 1 unspecified atom stereocenters. The zero-order valence-electron chi connectivity index (χ0n) is 9.41. The van der Waals surface area contributed by atoms with E-state index >= 15 is 0 Å². The smallest absolute Gasteiger partial charge is 0.137 e. The van der Waals surface area contributed by atoms with Gasteiger partial charge in [-0.1, -0.05) is 12.1 Å². The molecule has 0 radical (unpaired) electrons. The molecule has 0 saturated carbocycles. The van der Waals surface area contributed by atoms with Crippen molar-refractivity contribution < 1.29 is 8.81 Å². The van der Waals surface area contributed by atoms with Crippen molar-refractivity contribution in [3.63, 3.8) is 0 Å². The van der Waals surface area contributed by atoms with Crippen LogP contribution in [0.3, 0.4) is 0 Å². The van der Waals surface area contributed by atoms with Gasteiger partial charge in [-0.3, -0.25) is 0 Å². The van der Waals surface area contributed by atoms with Crippen molar-refractivity contribution >= 4 is 15.9 Å². The lowest BCUT2D eigenvalue weighted by Gasteiger charge is -2.17. The lowest BCUT2D eigenvalue weighted by Crippen LogP contribution is -2.19. The van der Waals surface area contributed by atoms with Gasteiger partial charge in [-0.05, 0) is 46.7 Å². The molecule has 2 rings (SSSR count). The summed E-state index contributed by atoms with van der Waals surface area (Å²) in [5.74, 6) is 0.628. The van der Waals surface area contributed by atoms with E-state index in [2.05, 4.69) is 21.2 Å². The molecule has 1 aromatic heterocycles. The Hall–Kier alpha value is -1.13. The Morgan fingerprint density at radius 1 is 1.35 bits per heavy atom. The molecular weight excluding hydrogens is 285 g/mol. The highest BCUT2D eigenvalue weighted by Gasteiger charge is 2.16. The third-order valence-corrected chi connectivity index (χ3v) is 3.53. The molecule has 2 aromatic rings. The Balaban J connectivity index is 2.26. The van der Waals surface area contributed by atoms with Crippen LogP contribution in [0.5, 0.6) is 0 Å². The quantitative estimate of drug-likeness (QED) is 0.931. The van der Waals surface area contributed by atoms with E-state index in [9.17, 15) is 4.39 Å². The molecule has 0 aliphatic carbocycles. The number of rotatable bonds is 4. The highest BCUT2D eigenvalue weighted by Crippen LogP contribution is 2.28. The van der Waals surface area contributed by atoms with Crippen molar-refractivity contribution in [2.24, 2.45) is 0 Å². The molecule has 0 amide bonds. The molecular formula is C13H13BrFNO. The second-order valence-electron chi connectivity index (χ2n) is 3.77. The summed E-state index contributed by atoms with van der Waals surface area (Å²) in [5, 5.41) is 3.17. The number of benzene rings is 1. The molecule has 1 atom stereocenters. The summed E-state index contributed by atoms with van der Waals surface area (Å²) >= 11 is 3.28. The largest absolute Gasteiger partial charge is 0.469 e. The van der Waals surface area contributed by atoms with E-state index in [1.165, 1.54) is 6.07 Å². The van der Waals surface area contributed by atoms with E-state index in [0.717, 1.165) is 11.3 Å². The van der Waals surface area contributed by atoms with Crippen LogP contribution in [0.25, 0.3) is 0 Å². The highest BCUT2D eigenvalue weighted by atomic mass is 79.9. The van der Waals surface area contributed by atoms with Crippen LogP contribution in [-0.4, -0.2) is 7.05 Å². The van der Waals surface area contributed by atoms with Gasteiger partial charge in [0.1, 0.15) is 11.6 Å². The molecule has 1 heterocycles.